The Hall–Kier alpha value is -3.59. The van der Waals surface area contributed by atoms with Gasteiger partial charge in [-0.3, -0.25) is 4.90 Å². The van der Waals surface area contributed by atoms with Crippen LogP contribution < -0.4 is 9.47 Å². The van der Waals surface area contributed by atoms with Crippen molar-refractivity contribution in [3.05, 3.63) is 84.3 Å². The number of aliphatic hydroxyl groups is 1. The molecule has 2 aromatic carbocycles. The molecule has 2 aromatic heterocycles. The number of benzene rings is 2. The van der Waals surface area contributed by atoms with Gasteiger partial charge in [0.1, 0.15) is 23.0 Å². The fourth-order valence-electron chi connectivity index (χ4n) is 4.27. The zero-order valence-corrected chi connectivity index (χ0v) is 22.4. The van der Waals surface area contributed by atoms with E-state index in [2.05, 4.69) is 11.8 Å². The average molecular weight is 520 g/mol. The molecule has 0 amide bonds. The van der Waals surface area contributed by atoms with Gasteiger partial charge in [-0.05, 0) is 30.7 Å². The molecule has 8 nitrogen and oxygen atoms in total. The summed E-state index contributed by atoms with van der Waals surface area (Å²) in [6, 6.07) is 21.3. The van der Waals surface area contributed by atoms with Gasteiger partial charge in [0.15, 0.2) is 0 Å². The minimum absolute atomic E-state index is 0.278. The van der Waals surface area contributed by atoms with E-state index in [0.717, 1.165) is 35.4 Å². The molecule has 0 fully saturated rings. The molecule has 4 rings (SSSR count). The number of ether oxygens (including phenoxy) is 3. The maximum absolute atomic E-state index is 10.8. The molecule has 1 unspecified atom stereocenters. The number of aryl methyl sites for hydroxylation is 1. The Labute approximate surface area is 224 Å². The van der Waals surface area contributed by atoms with Crippen LogP contribution in [0.1, 0.15) is 31.1 Å². The van der Waals surface area contributed by atoms with Crippen LogP contribution >= 0.6 is 0 Å². The van der Waals surface area contributed by atoms with Crippen LogP contribution in [0.15, 0.2) is 77.4 Å². The lowest BCUT2D eigenvalue weighted by Crippen LogP contribution is -2.34. The first kappa shape index (κ1) is 27.4. The Bertz CT molecular complexity index is 1240. The third-order valence-electron chi connectivity index (χ3n) is 6.15. The minimum atomic E-state index is -0.651. The highest BCUT2D eigenvalue weighted by Crippen LogP contribution is 2.35. The zero-order chi connectivity index (χ0) is 26.7. The SMILES string of the molecule is CCCCOCC(O)CN(Cc1ccco1)Cc1c(-c2ccccc2)nn(C)c1Oc1cccc(OC)c1. The Balaban J connectivity index is 1.65. The van der Waals surface area contributed by atoms with E-state index in [1.54, 1.807) is 18.1 Å². The number of unbranched alkanes of at least 4 members (excludes halogenated alkanes) is 1. The number of nitrogens with zero attached hydrogens (tertiary/aromatic N) is 3. The van der Waals surface area contributed by atoms with E-state index in [1.165, 1.54) is 0 Å². The summed E-state index contributed by atoms with van der Waals surface area (Å²) in [5, 5.41) is 15.7. The first-order valence-electron chi connectivity index (χ1n) is 13.0. The number of hydrogen-bond acceptors (Lipinski definition) is 7. The second-order valence-electron chi connectivity index (χ2n) is 9.23. The summed E-state index contributed by atoms with van der Waals surface area (Å²) >= 11 is 0. The summed E-state index contributed by atoms with van der Waals surface area (Å²) in [7, 11) is 3.50. The molecule has 1 N–H and O–H groups in total. The van der Waals surface area contributed by atoms with Gasteiger partial charge in [0.25, 0.3) is 0 Å². The van der Waals surface area contributed by atoms with E-state index in [1.807, 2.05) is 73.8 Å². The summed E-state index contributed by atoms with van der Waals surface area (Å²) in [6.07, 6.45) is 3.04. The molecule has 4 aromatic rings. The molecule has 0 radical (unpaired) electrons. The smallest absolute Gasteiger partial charge is 0.222 e. The molecular formula is C30H37N3O5. The number of aromatic nitrogens is 2. The highest BCUT2D eigenvalue weighted by Gasteiger charge is 2.24. The molecule has 0 aliphatic carbocycles. The first-order chi connectivity index (χ1) is 18.6. The van der Waals surface area contributed by atoms with E-state index in [4.69, 9.17) is 23.7 Å². The third-order valence-corrected chi connectivity index (χ3v) is 6.15. The van der Waals surface area contributed by atoms with Gasteiger partial charge in [-0.15, -0.1) is 0 Å². The topological polar surface area (TPSA) is 82.1 Å². The minimum Gasteiger partial charge on any atom is -0.497 e. The quantitative estimate of drug-likeness (QED) is 0.203. The van der Waals surface area contributed by atoms with Gasteiger partial charge < -0.3 is 23.7 Å². The van der Waals surface area contributed by atoms with Crippen molar-refractivity contribution < 1.29 is 23.7 Å². The molecule has 0 saturated heterocycles. The van der Waals surface area contributed by atoms with Crippen LogP contribution in [0, 0.1) is 0 Å². The van der Waals surface area contributed by atoms with Crippen molar-refractivity contribution in [1.29, 1.82) is 0 Å². The van der Waals surface area contributed by atoms with E-state index in [9.17, 15) is 5.11 Å². The maximum Gasteiger partial charge on any atom is 0.222 e. The van der Waals surface area contributed by atoms with Crippen molar-refractivity contribution in [2.45, 2.75) is 39.0 Å². The monoisotopic (exact) mass is 519 g/mol. The zero-order valence-electron chi connectivity index (χ0n) is 22.4. The molecule has 8 heteroatoms. The van der Waals surface area contributed by atoms with Gasteiger partial charge in [0.2, 0.25) is 5.88 Å². The molecule has 0 aliphatic heterocycles. The predicted molar refractivity (Wildman–Crippen MR) is 146 cm³/mol. The summed E-state index contributed by atoms with van der Waals surface area (Å²) < 4.78 is 24.9. The van der Waals surface area contributed by atoms with E-state index in [0.29, 0.717) is 43.6 Å². The van der Waals surface area contributed by atoms with Crippen LogP contribution in [0.5, 0.6) is 17.4 Å². The van der Waals surface area contributed by atoms with Crippen molar-refractivity contribution >= 4 is 0 Å². The number of aliphatic hydroxyl groups excluding tert-OH is 1. The highest BCUT2D eigenvalue weighted by atomic mass is 16.5. The molecule has 0 aliphatic rings. The van der Waals surface area contributed by atoms with Crippen molar-refractivity contribution in [3.63, 3.8) is 0 Å². The fraction of sp³-hybridized carbons (Fsp3) is 0.367. The molecule has 2 heterocycles. The molecule has 0 bridgehead atoms. The van der Waals surface area contributed by atoms with Gasteiger partial charge in [0, 0.05) is 38.4 Å². The van der Waals surface area contributed by atoms with Crippen molar-refractivity contribution in [3.8, 4) is 28.6 Å². The Morgan fingerprint density at radius 2 is 1.84 bits per heavy atom. The van der Waals surface area contributed by atoms with Gasteiger partial charge in [0.05, 0.1) is 38.2 Å². The number of rotatable bonds is 15. The number of furan rings is 1. The second-order valence-corrected chi connectivity index (χ2v) is 9.23. The predicted octanol–water partition coefficient (Wildman–Crippen LogP) is 5.66. The fourth-order valence-corrected chi connectivity index (χ4v) is 4.27. The van der Waals surface area contributed by atoms with E-state index >= 15 is 0 Å². The normalized spacial score (nSPS) is 12.1. The van der Waals surface area contributed by atoms with Crippen LogP contribution in [0.2, 0.25) is 0 Å². The largest absolute Gasteiger partial charge is 0.497 e. The summed E-state index contributed by atoms with van der Waals surface area (Å²) in [6.45, 7) is 4.43. The summed E-state index contributed by atoms with van der Waals surface area (Å²) in [5.74, 6) is 2.79. The van der Waals surface area contributed by atoms with Gasteiger partial charge in [-0.25, -0.2) is 4.68 Å². The van der Waals surface area contributed by atoms with Crippen LogP contribution in [-0.2, 0) is 24.9 Å². The van der Waals surface area contributed by atoms with Crippen LogP contribution in [0.25, 0.3) is 11.3 Å². The molecule has 38 heavy (non-hydrogen) atoms. The van der Waals surface area contributed by atoms with Gasteiger partial charge >= 0.3 is 0 Å². The van der Waals surface area contributed by atoms with E-state index < -0.39 is 6.10 Å². The number of methoxy groups -OCH3 is 1. The second kappa shape index (κ2) is 13.8. The lowest BCUT2D eigenvalue weighted by molar-refractivity contribution is 0.0117. The van der Waals surface area contributed by atoms with E-state index in [-0.39, 0.29) is 6.61 Å². The Kier molecular flexibility index (Phi) is 9.97. The lowest BCUT2D eigenvalue weighted by atomic mass is 10.1. The lowest BCUT2D eigenvalue weighted by Gasteiger charge is -2.25. The Morgan fingerprint density at radius 3 is 2.58 bits per heavy atom. The molecule has 202 valence electrons. The summed E-state index contributed by atoms with van der Waals surface area (Å²) in [5.41, 5.74) is 2.72. The third kappa shape index (κ3) is 7.47. The molecule has 0 saturated carbocycles. The highest BCUT2D eigenvalue weighted by molar-refractivity contribution is 5.65. The van der Waals surface area contributed by atoms with Gasteiger partial charge in [-0.1, -0.05) is 49.7 Å². The Morgan fingerprint density at radius 1 is 1.03 bits per heavy atom. The van der Waals surface area contributed by atoms with Gasteiger partial charge in [-0.2, -0.15) is 5.10 Å². The average Bonchev–Trinajstić information content (AvgIpc) is 3.55. The maximum atomic E-state index is 10.8. The van der Waals surface area contributed by atoms with Crippen molar-refractivity contribution in [2.24, 2.45) is 7.05 Å². The van der Waals surface area contributed by atoms with Crippen LogP contribution in [0.3, 0.4) is 0 Å². The first-order valence-corrected chi connectivity index (χ1v) is 13.0. The summed E-state index contributed by atoms with van der Waals surface area (Å²) in [4.78, 5) is 2.13. The number of hydrogen-bond donors (Lipinski definition) is 1. The van der Waals surface area contributed by atoms with Crippen LogP contribution in [0.4, 0.5) is 0 Å². The van der Waals surface area contributed by atoms with Crippen molar-refractivity contribution in [1.82, 2.24) is 14.7 Å². The van der Waals surface area contributed by atoms with Crippen molar-refractivity contribution in [2.75, 3.05) is 26.9 Å². The standard InChI is InChI=1S/C30H37N3O5/c1-4-5-16-36-22-24(34)19-33(20-27-15-10-17-37-27)21-28-29(23-11-7-6-8-12-23)31-32(2)30(28)38-26-14-9-13-25(18-26)35-3/h6-15,17-18,24,34H,4-5,16,19-22H2,1-3H3. The molecular weight excluding hydrogens is 482 g/mol. The van der Waals surface area contributed by atoms with Crippen LogP contribution in [-0.4, -0.2) is 52.8 Å². The molecule has 0 spiro atoms. The molecule has 1 atom stereocenters.